The molecule has 0 saturated heterocycles. The van der Waals surface area contributed by atoms with E-state index in [2.05, 4.69) is 19.2 Å². The molecule has 5 nitrogen and oxygen atoms in total. The molecule has 0 bridgehead atoms. The Hall–Kier alpha value is -1.27. The quantitative estimate of drug-likeness (QED) is 0.685. The van der Waals surface area contributed by atoms with Crippen LogP contribution in [0, 0.1) is 22.0 Å². The van der Waals surface area contributed by atoms with Gasteiger partial charge in [0.25, 0.3) is 5.69 Å². The molecule has 1 fully saturated rings. The molecule has 0 radical (unpaired) electrons. The van der Waals surface area contributed by atoms with Crippen LogP contribution in [-0.2, 0) is 10.8 Å². The van der Waals surface area contributed by atoms with Crippen molar-refractivity contribution in [3.63, 3.8) is 0 Å². The van der Waals surface area contributed by atoms with Crippen LogP contribution in [0.2, 0.25) is 0 Å². The van der Waals surface area contributed by atoms with Crippen LogP contribution in [0.5, 0.6) is 0 Å². The third-order valence-electron chi connectivity index (χ3n) is 4.29. The van der Waals surface area contributed by atoms with Crippen LogP contribution < -0.4 is 5.32 Å². The Morgan fingerprint density at radius 3 is 2.38 bits per heavy atom. The molecule has 1 aliphatic rings. The van der Waals surface area contributed by atoms with Gasteiger partial charge in [-0.25, -0.2) is 0 Å². The molecule has 5 unspecified atom stereocenters. The maximum atomic E-state index is 12.9. The third-order valence-corrected chi connectivity index (χ3v) is 6.31. The van der Waals surface area contributed by atoms with Crippen molar-refractivity contribution in [1.82, 2.24) is 5.32 Å². The summed E-state index contributed by atoms with van der Waals surface area (Å²) in [6, 6.07) is 6.31. The van der Waals surface area contributed by atoms with Gasteiger partial charge in [-0.15, -0.1) is 0 Å². The van der Waals surface area contributed by atoms with Gasteiger partial charge in [0, 0.05) is 23.1 Å². The van der Waals surface area contributed by atoms with Crippen LogP contribution in [0.4, 0.5) is 5.69 Å². The van der Waals surface area contributed by atoms with Gasteiger partial charge in [-0.05, 0) is 43.9 Å². The highest BCUT2D eigenvalue weighted by Gasteiger charge is 2.37. The molecule has 1 aromatic carbocycles. The first-order valence-corrected chi connectivity index (χ1v) is 8.47. The van der Waals surface area contributed by atoms with E-state index in [4.69, 9.17) is 0 Å². The summed E-state index contributed by atoms with van der Waals surface area (Å²) >= 11 is 0. The molecule has 1 aromatic rings. The van der Waals surface area contributed by atoms with Crippen molar-refractivity contribution in [2.24, 2.45) is 11.8 Å². The van der Waals surface area contributed by atoms with E-state index in [1.54, 1.807) is 12.1 Å². The van der Waals surface area contributed by atoms with Crippen LogP contribution >= 0.6 is 0 Å². The van der Waals surface area contributed by atoms with Crippen molar-refractivity contribution < 1.29 is 9.13 Å². The Balaban J connectivity index is 2.22. The predicted molar refractivity (Wildman–Crippen MR) is 83.7 cm³/mol. The van der Waals surface area contributed by atoms with Gasteiger partial charge in [0.05, 0.1) is 21.0 Å². The second kappa shape index (κ2) is 6.66. The third kappa shape index (κ3) is 3.49. The number of hydrogen-bond donors (Lipinski definition) is 1. The lowest BCUT2D eigenvalue weighted by Crippen LogP contribution is -2.48. The first-order chi connectivity index (χ1) is 9.93. The molecule has 0 amide bonds. The summed E-state index contributed by atoms with van der Waals surface area (Å²) in [5.41, 5.74) is 0.0335. The maximum Gasteiger partial charge on any atom is 0.269 e. The lowest BCUT2D eigenvalue weighted by atomic mass is 9.80. The molecule has 21 heavy (non-hydrogen) atoms. The van der Waals surface area contributed by atoms with Gasteiger partial charge in [-0.3, -0.25) is 14.3 Å². The SMILES string of the molecule is CNC1CC(C)CC(C)C1S(=O)c1ccc([N+](=O)[O-])cc1. The van der Waals surface area contributed by atoms with E-state index in [0.29, 0.717) is 16.7 Å². The number of hydrogen-bond acceptors (Lipinski definition) is 4. The van der Waals surface area contributed by atoms with Crippen molar-refractivity contribution >= 4 is 16.5 Å². The molecular formula is C15H22N2O3S. The molecule has 116 valence electrons. The highest BCUT2D eigenvalue weighted by molar-refractivity contribution is 7.85. The van der Waals surface area contributed by atoms with E-state index >= 15 is 0 Å². The van der Waals surface area contributed by atoms with Gasteiger partial charge < -0.3 is 5.32 Å². The molecule has 1 aliphatic carbocycles. The van der Waals surface area contributed by atoms with Crippen molar-refractivity contribution in [1.29, 1.82) is 0 Å². The molecule has 0 heterocycles. The average Bonchev–Trinajstić information content (AvgIpc) is 2.45. The first-order valence-electron chi connectivity index (χ1n) is 7.26. The first kappa shape index (κ1) is 16.1. The van der Waals surface area contributed by atoms with Gasteiger partial charge >= 0.3 is 0 Å². The summed E-state index contributed by atoms with van der Waals surface area (Å²) in [5.74, 6) is 0.991. The summed E-state index contributed by atoms with van der Waals surface area (Å²) in [6.45, 7) is 4.37. The Morgan fingerprint density at radius 1 is 1.24 bits per heavy atom. The summed E-state index contributed by atoms with van der Waals surface area (Å²) in [5, 5.41) is 14.0. The maximum absolute atomic E-state index is 12.9. The Kier molecular flexibility index (Phi) is 5.11. The molecule has 0 aliphatic heterocycles. The Bertz CT molecular complexity index is 532. The van der Waals surface area contributed by atoms with Gasteiger partial charge in [0.15, 0.2) is 0 Å². The summed E-state index contributed by atoms with van der Waals surface area (Å²) in [4.78, 5) is 10.9. The Morgan fingerprint density at radius 2 is 1.86 bits per heavy atom. The number of benzene rings is 1. The smallest absolute Gasteiger partial charge is 0.269 e. The molecule has 1 N–H and O–H groups in total. The second-order valence-electron chi connectivity index (χ2n) is 5.96. The zero-order valence-corrected chi connectivity index (χ0v) is 13.4. The molecule has 0 spiro atoms. The van der Waals surface area contributed by atoms with Gasteiger partial charge in [-0.2, -0.15) is 0 Å². The minimum Gasteiger partial charge on any atom is -0.316 e. The van der Waals surface area contributed by atoms with E-state index in [9.17, 15) is 14.3 Å². The normalized spacial score (nSPS) is 30.8. The number of nitrogens with one attached hydrogen (secondary N) is 1. The standard InChI is InChI=1S/C15H22N2O3S/c1-10-8-11(2)15(14(9-10)16-3)21(20)13-6-4-12(5-7-13)17(18)19/h4-7,10-11,14-16H,8-9H2,1-3H3. The molecule has 6 heteroatoms. The van der Waals surface area contributed by atoms with Crippen molar-refractivity contribution in [2.45, 2.75) is 42.9 Å². The monoisotopic (exact) mass is 310 g/mol. The number of nitro groups is 1. The zero-order valence-electron chi connectivity index (χ0n) is 12.6. The summed E-state index contributed by atoms with van der Waals surface area (Å²) in [7, 11) is 0.761. The molecule has 5 atom stereocenters. The lowest BCUT2D eigenvalue weighted by molar-refractivity contribution is -0.384. The van der Waals surface area contributed by atoms with Crippen LogP contribution in [0.3, 0.4) is 0 Å². The fraction of sp³-hybridized carbons (Fsp3) is 0.600. The number of nitrogens with zero attached hydrogens (tertiary/aromatic N) is 1. The van der Waals surface area contributed by atoms with Gasteiger partial charge in [-0.1, -0.05) is 13.8 Å². The second-order valence-corrected chi connectivity index (χ2v) is 7.57. The van der Waals surface area contributed by atoms with Crippen molar-refractivity contribution in [3.8, 4) is 0 Å². The highest BCUT2D eigenvalue weighted by Crippen LogP contribution is 2.34. The molecular weight excluding hydrogens is 288 g/mol. The van der Waals surface area contributed by atoms with E-state index in [-0.39, 0.29) is 17.0 Å². The topological polar surface area (TPSA) is 72.2 Å². The number of rotatable bonds is 4. The van der Waals surface area contributed by atoms with E-state index in [0.717, 1.165) is 12.8 Å². The predicted octanol–water partition coefficient (Wildman–Crippen LogP) is 2.73. The fourth-order valence-electron chi connectivity index (χ4n) is 3.33. The molecule has 0 aromatic heterocycles. The number of non-ortho nitro benzene ring substituents is 1. The van der Waals surface area contributed by atoms with Crippen LogP contribution in [0.1, 0.15) is 26.7 Å². The summed E-state index contributed by atoms with van der Waals surface area (Å²) < 4.78 is 12.9. The minimum absolute atomic E-state index is 0.0335. The van der Waals surface area contributed by atoms with Crippen LogP contribution in [0.25, 0.3) is 0 Å². The largest absolute Gasteiger partial charge is 0.316 e. The van der Waals surface area contributed by atoms with Crippen LogP contribution in [-0.4, -0.2) is 27.5 Å². The van der Waals surface area contributed by atoms with Gasteiger partial charge in [0.2, 0.25) is 0 Å². The summed E-state index contributed by atoms with van der Waals surface area (Å²) in [6.07, 6.45) is 2.09. The van der Waals surface area contributed by atoms with E-state index < -0.39 is 15.7 Å². The highest BCUT2D eigenvalue weighted by atomic mass is 32.2. The van der Waals surface area contributed by atoms with E-state index in [1.165, 1.54) is 12.1 Å². The molecule has 2 rings (SSSR count). The van der Waals surface area contributed by atoms with Crippen molar-refractivity contribution in [2.75, 3.05) is 7.05 Å². The van der Waals surface area contributed by atoms with Crippen LogP contribution in [0.15, 0.2) is 29.2 Å². The lowest BCUT2D eigenvalue weighted by Gasteiger charge is -2.38. The molecule has 1 saturated carbocycles. The van der Waals surface area contributed by atoms with E-state index in [1.807, 2.05) is 7.05 Å². The zero-order chi connectivity index (χ0) is 15.6. The number of nitro benzene ring substituents is 1. The minimum atomic E-state index is -1.15. The van der Waals surface area contributed by atoms with Gasteiger partial charge in [0.1, 0.15) is 0 Å². The fourth-order valence-corrected chi connectivity index (χ4v) is 5.13. The Labute approximate surface area is 127 Å². The average molecular weight is 310 g/mol. The van der Waals surface area contributed by atoms with Crippen molar-refractivity contribution in [3.05, 3.63) is 34.4 Å².